The Morgan fingerprint density at radius 2 is 1.96 bits per heavy atom. The maximum Gasteiger partial charge on any atom is 0.349 e. The number of benzene rings is 2. The number of fused-ring (bicyclic) bond motifs is 1. The molecule has 4 nitrogen and oxygen atoms in total. The number of rotatable bonds is 5. The molecule has 3 rings (SSSR count). The van der Waals surface area contributed by atoms with Crippen LogP contribution in [0, 0.1) is 17.1 Å². The molecule has 0 saturated carbocycles. The van der Waals surface area contributed by atoms with Gasteiger partial charge in [-0.2, -0.15) is 5.26 Å². The van der Waals surface area contributed by atoms with Crippen LogP contribution >= 0.6 is 11.3 Å². The van der Waals surface area contributed by atoms with Gasteiger partial charge in [-0.15, -0.1) is 11.3 Å². The smallest absolute Gasteiger partial charge is 0.349 e. The molecule has 1 aromatic heterocycles. The minimum atomic E-state index is -0.517. The maximum atomic E-state index is 14.1. The van der Waals surface area contributed by atoms with Crippen molar-refractivity contribution in [1.82, 2.24) is 0 Å². The zero-order valence-electron chi connectivity index (χ0n) is 13.4. The van der Waals surface area contributed by atoms with Gasteiger partial charge in [0.1, 0.15) is 17.3 Å². The summed E-state index contributed by atoms with van der Waals surface area (Å²) in [6.07, 6.45) is 0. The Morgan fingerprint density at radius 1 is 1.20 bits per heavy atom. The van der Waals surface area contributed by atoms with E-state index < -0.39 is 5.97 Å². The normalized spacial score (nSPS) is 10.6. The Hall–Kier alpha value is -2.75. The quantitative estimate of drug-likeness (QED) is 0.636. The predicted octanol–water partition coefficient (Wildman–Crippen LogP) is 4.42. The summed E-state index contributed by atoms with van der Waals surface area (Å²) in [6.45, 7) is 0.204. The second-order valence-corrected chi connectivity index (χ2v) is 6.39. The molecule has 0 atom stereocenters. The highest BCUT2D eigenvalue weighted by Gasteiger charge is 2.21. The molecule has 0 aliphatic heterocycles. The van der Waals surface area contributed by atoms with Gasteiger partial charge in [-0.3, -0.25) is 0 Å². The number of ether oxygens (including phenoxy) is 2. The molecule has 0 unspecified atom stereocenters. The molecule has 6 heteroatoms. The van der Waals surface area contributed by atoms with Gasteiger partial charge in [-0.25, -0.2) is 9.18 Å². The van der Waals surface area contributed by atoms with Crippen molar-refractivity contribution in [2.45, 2.75) is 13.2 Å². The van der Waals surface area contributed by atoms with Crippen molar-refractivity contribution in [2.75, 3.05) is 7.11 Å². The highest BCUT2D eigenvalue weighted by Crippen LogP contribution is 2.34. The third kappa shape index (κ3) is 3.53. The molecular weight excluding hydrogens is 341 g/mol. The number of nitriles is 1. The number of thiophene rings is 1. The summed E-state index contributed by atoms with van der Waals surface area (Å²) in [6, 6.07) is 13.5. The summed E-state index contributed by atoms with van der Waals surface area (Å²) in [4.78, 5) is 12.8. The van der Waals surface area contributed by atoms with Gasteiger partial charge in [0.25, 0.3) is 0 Å². The molecule has 0 saturated heterocycles. The Kier molecular flexibility index (Phi) is 5.08. The van der Waals surface area contributed by atoms with Gasteiger partial charge < -0.3 is 9.47 Å². The first-order chi connectivity index (χ1) is 12.1. The number of carbonyl (C=O) groups is 1. The van der Waals surface area contributed by atoms with Gasteiger partial charge in [0.2, 0.25) is 0 Å². The standard InChI is InChI=1S/C19H14FNO3S/c1-23-11-14-17-15(20)3-2-4-16(17)25-18(14)19(22)24-10-13-7-5-12(9-21)6-8-13/h2-8H,10-11H2,1H3. The summed E-state index contributed by atoms with van der Waals surface area (Å²) in [7, 11) is 1.50. The Morgan fingerprint density at radius 3 is 2.64 bits per heavy atom. The predicted molar refractivity (Wildman–Crippen MR) is 92.8 cm³/mol. The summed E-state index contributed by atoms with van der Waals surface area (Å²) >= 11 is 1.19. The van der Waals surface area contributed by atoms with Gasteiger partial charge in [0, 0.05) is 22.8 Å². The van der Waals surface area contributed by atoms with Crippen molar-refractivity contribution >= 4 is 27.4 Å². The lowest BCUT2D eigenvalue weighted by Crippen LogP contribution is -2.06. The average molecular weight is 355 g/mol. The molecule has 1 heterocycles. The molecule has 0 aliphatic carbocycles. The number of hydrogen-bond acceptors (Lipinski definition) is 5. The largest absolute Gasteiger partial charge is 0.457 e. The van der Waals surface area contributed by atoms with Crippen molar-refractivity contribution in [3.05, 3.63) is 69.8 Å². The van der Waals surface area contributed by atoms with Crippen molar-refractivity contribution in [3.8, 4) is 6.07 Å². The van der Waals surface area contributed by atoms with Crippen LogP contribution in [0.25, 0.3) is 10.1 Å². The van der Waals surface area contributed by atoms with E-state index in [4.69, 9.17) is 14.7 Å². The number of hydrogen-bond donors (Lipinski definition) is 0. The number of methoxy groups -OCH3 is 1. The van der Waals surface area contributed by atoms with Crippen LogP contribution in [0.15, 0.2) is 42.5 Å². The first kappa shape index (κ1) is 17.1. The SMILES string of the molecule is COCc1c(C(=O)OCc2ccc(C#N)cc2)sc2cccc(F)c12. The number of halogens is 1. The molecule has 0 N–H and O–H groups in total. The third-order valence-corrected chi connectivity index (χ3v) is 4.87. The lowest BCUT2D eigenvalue weighted by Gasteiger charge is -2.06. The van der Waals surface area contributed by atoms with Crippen LogP contribution in [0.3, 0.4) is 0 Å². The summed E-state index contributed by atoms with van der Waals surface area (Å²) in [5.74, 6) is -0.899. The topological polar surface area (TPSA) is 59.3 Å². The van der Waals surface area contributed by atoms with Crippen LogP contribution in [-0.4, -0.2) is 13.1 Å². The molecule has 2 aromatic carbocycles. The molecule has 0 spiro atoms. The summed E-state index contributed by atoms with van der Waals surface area (Å²) in [5, 5.41) is 9.19. The van der Waals surface area contributed by atoms with E-state index in [0.29, 0.717) is 26.1 Å². The lowest BCUT2D eigenvalue weighted by atomic mass is 10.1. The molecule has 25 heavy (non-hydrogen) atoms. The maximum absolute atomic E-state index is 14.1. The van der Waals surface area contributed by atoms with E-state index in [9.17, 15) is 9.18 Å². The molecule has 0 radical (unpaired) electrons. The molecule has 126 valence electrons. The minimum absolute atomic E-state index is 0.0771. The van der Waals surface area contributed by atoms with Gasteiger partial charge in [0.05, 0.1) is 18.2 Å². The monoisotopic (exact) mass is 355 g/mol. The highest BCUT2D eigenvalue weighted by atomic mass is 32.1. The highest BCUT2D eigenvalue weighted by molar-refractivity contribution is 7.21. The zero-order valence-corrected chi connectivity index (χ0v) is 14.2. The van der Waals surface area contributed by atoms with Crippen LogP contribution in [0.4, 0.5) is 4.39 Å². The van der Waals surface area contributed by atoms with Crippen LogP contribution in [-0.2, 0) is 22.7 Å². The van der Waals surface area contributed by atoms with Crippen molar-refractivity contribution in [1.29, 1.82) is 5.26 Å². The van der Waals surface area contributed by atoms with Crippen molar-refractivity contribution in [3.63, 3.8) is 0 Å². The number of carbonyl (C=O) groups excluding carboxylic acids is 1. The minimum Gasteiger partial charge on any atom is -0.457 e. The molecule has 0 bridgehead atoms. The summed E-state index contributed by atoms with van der Waals surface area (Å²) < 4.78 is 25.3. The van der Waals surface area contributed by atoms with E-state index in [2.05, 4.69) is 0 Å². The van der Waals surface area contributed by atoms with E-state index in [1.165, 1.54) is 24.5 Å². The van der Waals surface area contributed by atoms with Gasteiger partial charge in [-0.05, 0) is 29.8 Å². The van der Waals surface area contributed by atoms with Crippen LogP contribution in [0.2, 0.25) is 0 Å². The van der Waals surface area contributed by atoms with E-state index in [0.717, 1.165) is 5.56 Å². The lowest BCUT2D eigenvalue weighted by molar-refractivity contribution is 0.0474. The van der Waals surface area contributed by atoms with Gasteiger partial charge >= 0.3 is 5.97 Å². The van der Waals surface area contributed by atoms with Crippen molar-refractivity contribution < 1.29 is 18.7 Å². The average Bonchev–Trinajstić information content (AvgIpc) is 3.00. The second-order valence-electron chi connectivity index (χ2n) is 5.34. The Labute approximate surface area is 148 Å². The second kappa shape index (κ2) is 7.43. The Balaban J connectivity index is 1.85. The number of esters is 1. The van der Waals surface area contributed by atoms with E-state index in [-0.39, 0.29) is 19.0 Å². The van der Waals surface area contributed by atoms with Crippen LogP contribution in [0.1, 0.15) is 26.4 Å². The molecule has 0 aliphatic rings. The van der Waals surface area contributed by atoms with Gasteiger partial charge in [0.15, 0.2) is 0 Å². The van der Waals surface area contributed by atoms with Crippen LogP contribution < -0.4 is 0 Å². The molecule has 3 aromatic rings. The number of nitrogens with zero attached hydrogens (tertiary/aromatic N) is 1. The molecule has 0 fully saturated rings. The first-order valence-corrected chi connectivity index (χ1v) is 8.30. The Bertz CT molecular complexity index is 957. The third-order valence-electron chi connectivity index (χ3n) is 3.69. The van der Waals surface area contributed by atoms with Gasteiger partial charge in [-0.1, -0.05) is 18.2 Å². The zero-order chi connectivity index (χ0) is 17.8. The molecule has 0 amide bonds. The van der Waals surface area contributed by atoms with E-state index >= 15 is 0 Å². The fourth-order valence-corrected chi connectivity index (χ4v) is 3.62. The van der Waals surface area contributed by atoms with E-state index in [1.807, 2.05) is 6.07 Å². The van der Waals surface area contributed by atoms with E-state index in [1.54, 1.807) is 36.4 Å². The van der Waals surface area contributed by atoms with Crippen molar-refractivity contribution in [2.24, 2.45) is 0 Å². The first-order valence-electron chi connectivity index (χ1n) is 7.49. The molecular formula is C19H14FNO3S. The fourth-order valence-electron chi connectivity index (χ4n) is 2.50. The fraction of sp³-hybridized carbons (Fsp3) is 0.158. The van der Waals surface area contributed by atoms with Crippen LogP contribution in [0.5, 0.6) is 0 Å². The summed E-state index contributed by atoms with van der Waals surface area (Å²) in [5.41, 5.74) is 1.82.